The third kappa shape index (κ3) is 6.14. The Morgan fingerprint density at radius 2 is 1.69 bits per heavy atom. The average molecular weight is 463 g/mol. The second-order valence-corrected chi connectivity index (χ2v) is 7.97. The smallest absolute Gasteiger partial charge is 0.378 e. The first-order valence-corrected chi connectivity index (χ1v) is 10.5. The van der Waals surface area contributed by atoms with Crippen molar-refractivity contribution in [3.8, 4) is 5.75 Å². The van der Waals surface area contributed by atoms with Crippen molar-refractivity contribution in [1.82, 2.24) is 10.4 Å². The van der Waals surface area contributed by atoms with Crippen LogP contribution < -0.4 is 9.61 Å². The summed E-state index contributed by atoms with van der Waals surface area (Å²) in [5, 5.41) is 3.80. The highest BCUT2D eigenvalue weighted by molar-refractivity contribution is 7.87. The molecule has 166 valence electrons. The van der Waals surface area contributed by atoms with E-state index in [1.807, 2.05) is 0 Å². The zero-order valence-corrected chi connectivity index (χ0v) is 17.1. The van der Waals surface area contributed by atoms with Gasteiger partial charge in [-0.1, -0.05) is 12.1 Å². The SMILES string of the molecule is O=C(Cc1ccncc1)N/N=C/c1ccccc1OS(=O)(=O)c1ccc(C(F)(F)F)cc1. The molecule has 1 aromatic heterocycles. The number of pyridine rings is 1. The average Bonchev–Trinajstić information content (AvgIpc) is 2.75. The van der Waals surface area contributed by atoms with Gasteiger partial charge in [-0.15, -0.1) is 0 Å². The van der Waals surface area contributed by atoms with Crippen LogP contribution in [0.5, 0.6) is 5.75 Å². The Morgan fingerprint density at radius 3 is 2.34 bits per heavy atom. The van der Waals surface area contributed by atoms with Gasteiger partial charge in [-0.3, -0.25) is 9.78 Å². The van der Waals surface area contributed by atoms with Crippen LogP contribution in [0.1, 0.15) is 16.7 Å². The minimum atomic E-state index is -4.59. The number of nitrogens with zero attached hydrogens (tertiary/aromatic N) is 2. The van der Waals surface area contributed by atoms with E-state index >= 15 is 0 Å². The second-order valence-electron chi connectivity index (χ2n) is 6.42. The minimum Gasteiger partial charge on any atom is -0.378 e. The van der Waals surface area contributed by atoms with Crippen molar-refractivity contribution < 1.29 is 30.6 Å². The van der Waals surface area contributed by atoms with Crippen LogP contribution in [0.3, 0.4) is 0 Å². The number of amides is 1. The Kier molecular flexibility index (Phi) is 6.89. The number of nitrogens with one attached hydrogen (secondary N) is 1. The number of hydrogen-bond acceptors (Lipinski definition) is 6. The van der Waals surface area contributed by atoms with Crippen molar-refractivity contribution in [3.05, 3.63) is 89.7 Å². The van der Waals surface area contributed by atoms with Gasteiger partial charge in [0.2, 0.25) is 5.91 Å². The van der Waals surface area contributed by atoms with Gasteiger partial charge in [-0.2, -0.15) is 26.7 Å². The molecule has 0 aliphatic heterocycles. The van der Waals surface area contributed by atoms with Gasteiger partial charge in [-0.05, 0) is 54.1 Å². The molecule has 0 saturated carbocycles. The first-order chi connectivity index (χ1) is 15.1. The fourth-order valence-corrected chi connectivity index (χ4v) is 3.49. The maximum absolute atomic E-state index is 12.7. The molecule has 1 N–H and O–H groups in total. The number of hydrazone groups is 1. The number of benzene rings is 2. The third-order valence-corrected chi connectivity index (χ3v) is 5.34. The molecule has 11 heteroatoms. The van der Waals surface area contributed by atoms with Crippen LogP contribution in [0, 0.1) is 0 Å². The molecule has 0 radical (unpaired) electrons. The van der Waals surface area contributed by atoms with Crippen molar-refractivity contribution in [2.24, 2.45) is 5.10 Å². The molecule has 0 saturated heterocycles. The first-order valence-electron chi connectivity index (χ1n) is 9.07. The van der Waals surface area contributed by atoms with Crippen LogP contribution in [-0.4, -0.2) is 25.5 Å². The lowest BCUT2D eigenvalue weighted by molar-refractivity contribution is -0.137. The molecule has 3 aromatic rings. The first kappa shape index (κ1) is 22.9. The van der Waals surface area contributed by atoms with E-state index in [1.54, 1.807) is 30.6 Å². The number of carbonyl (C=O) groups is 1. The van der Waals surface area contributed by atoms with Crippen LogP contribution >= 0.6 is 0 Å². The van der Waals surface area contributed by atoms with E-state index in [0.29, 0.717) is 12.1 Å². The molecule has 0 aliphatic carbocycles. The summed E-state index contributed by atoms with van der Waals surface area (Å²) >= 11 is 0. The summed E-state index contributed by atoms with van der Waals surface area (Å²) in [6.07, 6.45) is -0.219. The zero-order valence-electron chi connectivity index (χ0n) is 16.3. The largest absolute Gasteiger partial charge is 0.416 e. The van der Waals surface area contributed by atoms with Crippen LogP contribution in [0.4, 0.5) is 13.2 Å². The molecule has 3 rings (SSSR count). The predicted octanol–water partition coefficient (Wildman–Crippen LogP) is 3.56. The van der Waals surface area contributed by atoms with E-state index in [1.165, 1.54) is 24.4 Å². The summed E-state index contributed by atoms with van der Waals surface area (Å²) in [5.41, 5.74) is 2.30. The quantitative estimate of drug-likeness (QED) is 0.328. The highest BCUT2D eigenvalue weighted by Gasteiger charge is 2.31. The van der Waals surface area contributed by atoms with Crippen molar-refractivity contribution >= 4 is 22.2 Å². The maximum Gasteiger partial charge on any atom is 0.416 e. The molecule has 32 heavy (non-hydrogen) atoms. The lowest BCUT2D eigenvalue weighted by atomic mass is 10.2. The van der Waals surface area contributed by atoms with E-state index in [0.717, 1.165) is 17.7 Å². The van der Waals surface area contributed by atoms with Crippen LogP contribution in [0.2, 0.25) is 0 Å². The number of aromatic nitrogens is 1. The Hall–Kier alpha value is -3.73. The van der Waals surface area contributed by atoms with Crippen molar-refractivity contribution in [2.75, 3.05) is 0 Å². The Bertz CT molecular complexity index is 1210. The summed E-state index contributed by atoms with van der Waals surface area (Å²) in [5.74, 6) is -0.511. The molecular weight excluding hydrogens is 447 g/mol. The van der Waals surface area contributed by atoms with Gasteiger partial charge >= 0.3 is 16.3 Å². The normalized spacial score (nSPS) is 12.0. The molecule has 0 aliphatic rings. The molecule has 1 amide bonds. The summed E-state index contributed by atoms with van der Waals surface area (Å²) < 4.78 is 68.1. The maximum atomic E-state index is 12.7. The number of carbonyl (C=O) groups excluding carboxylic acids is 1. The number of hydrogen-bond donors (Lipinski definition) is 1. The fraction of sp³-hybridized carbons (Fsp3) is 0.0952. The Labute approximate surface area is 181 Å². The van der Waals surface area contributed by atoms with Crippen molar-refractivity contribution in [3.63, 3.8) is 0 Å². The summed E-state index contributed by atoms with van der Waals surface area (Å²) in [4.78, 5) is 15.4. The van der Waals surface area contributed by atoms with E-state index in [2.05, 4.69) is 15.5 Å². The lowest BCUT2D eigenvalue weighted by Crippen LogP contribution is -2.19. The zero-order chi connectivity index (χ0) is 23.2. The highest BCUT2D eigenvalue weighted by Crippen LogP contribution is 2.30. The molecular formula is C21H16F3N3O4S. The van der Waals surface area contributed by atoms with Crippen LogP contribution in [-0.2, 0) is 27.5 Å². The summed E-state index contributed by atoms with van der Waals surface area (Å²) in [7, 11) is -4.40. The van der Waals surface area contributed by atoms with Crippen LogP contribution in [0.15, 0.2) is 83.1 Å². The number of para-hydroxylation sites is 1. The predicted molar refractivity (Wildman–Crippen MR) is 109 cm³/mol. The van der Waals surface area contributed by atoms with Gasteiger partial charge in [0.05, 0.1) is 18.2 Å². The fourth-order valence-electron chi connectivity index (χ4n) is 2.54. The number of halogens is 3. The standard InChI is InChI=1S/C21H16F3N3O4S/c22-21(23,24)17-5-7-18(8-6-17)32(29,30)31-19-4-2-1-3-16(19)14-26-27-20(28)13-15-9-11-25-12-10-15/h1-12,14H,13H2,(H,27,28)/b26-14+. The van der Waals surface area contributed by atoms with Gasteiger partial charge in [0.15, 0.2) is 5.75 Å². The van der Waals surface area contributed by atoms with Crippen molar-refractivity contribution in [1.29, 1.82) is 0 Å². The van der Waals surface area contributed by atoms with Gasteiger partial charge in [0.25, 0.3) is 0 Å². The van der Waals surface area contributed by atoms with Gasteiger partial charge in [-0.25, -0.2) is 5.43 Å². The summed E-state index contributed by atoms with van der Waals surface area (Å²) in [6, 6.07) is 12.2. The molecule has 7 nitrogen and oxygen atoms in total. The summed E-state index contributed by atoms with van der Waals surface area (Å²) in [6.45, 7) is 0. The molecule has 2 aromatic carbocycles. The van der Waals surface area contributed by atoms with E-state index in [9.17, 15) is 26.4 Å². The minimum absolute atomic E-state index is 0.0697. The molecule has 0 unspecified atom stereocenters. The highest BCUT2D eigenvalue weighted by atomic mass is 32.2. The molecule has 0 fully saturated rings. The number of alkyl halides is 3. The van der Waals surface area contributed by atoms with Gasteiger partial charge in [0, 0.05) is 18.0 Å². The Morgan fingerprint density at radius 1 is 1.03 bits per heavy atom. The Balaban J connectivity index is 1.70. The van der Waals surface area contributed by atoms with E-state index < -0.39 is 32.7 Å². The topological polar surface area (TPSA) is 97.7 Å². The lowest BCUT2D eigenvalue weighted by Gasteiger charge is -2.11. The monoisotopic (exact) mass is 463 g/mol. The molecule has 0 spiro atoms. The van der Waals surface area contributed by atoms with Crippen molar-refractivity contribution in [2.45, 2.75) is 17.5 Å². The molecule has 0 bridgehead atoms. The van der Waals surface area contributed by atoms with Gasteiger partial charge < -0.3 is 4.18 Å². The molecule has 0 atom stereocenters. The number of rotatable bonds is 7. The molecule has 1 heterocycles. The third-order valence-electron chi connectivity index (χ3n) is 4.10. The second kappa shape index (κ2) is 9.60. The van der Waals surface area contributed by atoms with Gasteiger partial charge in [0.1, 0.15) is 4.90 Å². The van der Waals surface area contributed by atoms with E-state index in [4.69, 9.17) is 4.18 Å². The van der Waals surface area contributed by atoms with E-state index in [-0.39, 0.29) is 17.7 Å². The van der Waals surface area contributed by atoms with Crippen LogP contribution in [0.25, 0.3) is 0 Å².